The topological polar surface area (TPSA) is 93.2 Å². The molecule has 7 heteroatoms. The molecule has 0 saturated carbocycles. The molecule has 19 heavy (non-hydrogen) atoms. The monoisotopic (exact) mass is 262 g/mol. The molecule has 0 bridgehead atoms. The quantitative estimate of drug-likeness (QED) is 0.628. The van der Waals surface area contributed by atoms with Crippen LogP contribution in [-0.2, 0) is 7.05 Å². The molecule has 0 radical (unpaired) electrons. The van der Waals surface area contributed by atoms with Gasteiger partial charge in [-0.1, -0.05) is 0 Å². The molecule has 1 aromatic heterocycles. The molecule has 7 nitrogen and oxygen atoms in total. The van der Waals surface area contributed by atoms with Crippen LogP contribution in [0.25, 0.3) is 0 Å². The highest BCUT2D eigenvalue weighted by Gasteiger charge is 2.10. The van der Waals surface area contributed by atoms with Crippen molar-refractivity contribution in [3.05, 3.63) is 52.2 Å². The number of non-ortho nitro benzene ring substituents is 1. The number of nitrogens with zero attached hydrogens (tertiary/aromatic N) is 3. The van der Waals surface area contributed by atoms with Gasteiger partial charge in [0.15, 0.2) is 0 Å². The number of aliphatic hydroxyl groups excluding tert-OH is 1. The molecule has 0 fully saturated rings. The molecule has 2 rings (SSSR count). The lowest BCUT2D eigenvalue weighted by molar-refractivity contribution is -0.384. The second-order valence-electron chi connectivity index (χ2n) is 4.12. The molecule has 2 aromatic rings. The minimum absolute atomic E-state index is 0.00800. The zero-order valence-electron chi connectivity index (χ0n) is 10.4. The first-order valence-electron chi connectivity index (χ1n) is 5.72. The van der Waals surface area contributed by atoms with E-state index < -0.39 is 11.0 Å². The molecular weight excluding hydrogens is 248 g/mol. The number of hydrogen-bond acceptors (Lipinski definition) is 5. The zero-order chi connectivity index (χ0) is 13.8. The molecule has 0 saturated heterocycles. The van der Waals surface area contributed by atoms with Crippen molar-refractivity contribution in [1.29, 1.82) is 0 Å². The molecule has 2 N–H and O–H groups in total. The second-order valence-corrected chi connectivity index (χ2v) is 4.12. The number of nitro groups is 1. The van der Waals surface area contributed by atoms with Crippen molar-refractivity contribution in [3.8, 4) is 0 Å². The van der Waals surface area contributed by atoms with Crippen LogP contribution in [0.15, 0.2) is 36.5 Å². The highest BCUT2D eigenvalue weighted by Crippen LogP contribution is 2.18. The molecule has 0 spiro atoms. The van der Waals surface area contributed by atoms with E-state index in [4.69, 9.17) is 0 Å². The van der Waals surface area contributed by atoms with Crippen molar-refractivity contribution in [3.63, 3.8) is 0 Å². The number of rotatable bonds is 5. The minimum Gasteiger partial charge on any atom is -0.387 e. The van der Waals surface area contributed by atoms with Crippen LogP contribution in [0.3, 0.4) is 0 Å². The number of aryl methyl sites for hydroxylation is 1. The van der Waals surface area contributed by atoms with E-state index >= 15 is 0 Å². The normalized spacial score (nSPS) is 12.1. The van der Waals surface area contributed by atoms with Crippen molar-refractivity contribution in [2.75, 3.05) is 11.9 Å². The van der Waals surface area contributed by atoms with Gasteiger partial charge in [-0.25, -0.2) is 0 Å². The predicted molar refractivity (Wildman–Crippen MR) is 69.8 cm³/mol. The van der Waals surface area contributed by atoms with E-state index in [2.05, 4.69) is 10.4 Å². The number of hydrogen-bond donors (Lipinski definition) is 2. The van der Waals surface area contributed by atoms with Crippen molar-refractivity contribution >= 4 is 11.5 Å². The molecule has 1 aromatic carbocycles. The summed E-state index contributed by atoms with van der Waals surface area (Å²) in [5.74, 6) is 0.670. The first-order valence-corrected chi connectivity index (χ1v) is 5.72. The number of aliphatic hydroxyl groups is 1. The average Bonchev–Trinajstić information content (AvgIpc) is 2.82. The number of nitro benzene ring substituents is 1. The van der Waals surface area contributed by atoms with Crippen LogP contribution >= 0.6 is 0 Å². The lowest BCUT2D eigenvalue weighted by atomic mass is 10.1. The number of anilines is 1. The van der Waals surface area contributed by atoms with Gasteiger partial charge in [0.25, 0.3) is 5.69 Å². The van der Waals surface area contributed by atoms with Crippen LogP contribution in [0.4, 0.5) is 11.5 Å². The van der Waals surface area contributed by atoms with E-state index in [1.54, 1.807) is 36.1 Å². The largest absolute Gasteiger partial charge is 0.387 e. The Morgan fingerprint density at radius 3 is 2.63 bits per heavy atom. The standard InChI is InChI=1S/C12H14N4O3/c1-15-7-6-12(14-15)13-8-11(17)9-2-4-10(5-3-9)16(18)19/h2-7,11,17H,8H2,1H3,(H,13,14). The fraction of sp³-hybridized carbons (Fsp3) is 0.250. The highest BCUT2D eigenvalue weighted by molar-refractivity contribution is 5.36. The van der Waals surface area contributed by atoms with Crippen molar-refractivity contribution in [1.82, 2.24) is 9.78 Å². The third-order valence-corrected chi connectivity index (χ3v) is 2.68. The summed E-state index contributed by atoms with van der Waals surface area (Å²) >= 11 is 0. The Kier molecular flexibility index (Phi) is 3.76. The van der Waals surface area contributed by atoms with E-state index in [1.165, 1.54) is 12.1 Å². The van der Waals surface area contributed by atoms with Gasteiger partial charge >= 0.3 is 0 Å². The van der Waals surface area contributed by atoms with Crippen LogP contribution in [0, 0.1) is 10.1 Å². The maximum absolute atomic E-state index is 10.5. The van der Waals surface area contributed by atoms with E-state index in [9.17, 15) is 15.2 Å². The van der Waals surface area contributed by atoms with Gasteiger partial charge in [-0.2, -0.15) is 5.10 Å². The lowest BCUT2D eigenvalue weighted by Crippen LogP contribution is -2.12. The Morgan fingerprint density at radius 1 is 1.42 bits per heavy atom. The third kappa shape index (κ3) is 3.29. The third-order valence-electron chi connectivity index (χ3n) is 2.68. The first-order chi connectivity index (χ1) is 9.06. The van der Waals surface area contributed by atoms with Crippen LogP contribution in [-0.4, -0.2) is 26.4 Å². The smallest absolute Gasteiger partial charge is 0.269 e. The fourth-order valence-electron chi connectivity index (χ4n) is 1.65. The molecule has 0 aliphatic rings. The van der Waals surface area contributed by atoms with Crippen molar-refractivity contribution in [2.45, 2.75) is 6.10 Å². The average molecular weight is 262 g/mol. The fourth-order valence-corrected chi connectivity index (χ4v) is 1.65. The highest BCUT2D eigenvalue weighted by atomic mass is 16.6. The van der Waals surface area contributed by atoms with E-state index in [0.717, 1.165) is 0 Å². The zero-order valence-corrected chi connectivity index (χ0v) is 10.4. The predicted octanol–water partition coefficient (Wildman–Crippen LogP) is 1.47. The first kappa shape index (κ1) is 13.0. The summed E-state index contributed by atoms with van der Waals surface area (Å²) in [6.07, 6.45) is 1.04. The maximum atomic E-state index is 10.5. The van der Waals surface area contributed by atoms with Gasteiger partial charge in [0, 0.05) is 38.0 Å². The summed E-state index contributed by atoms with van der Waals surface area (Å²) in [5, 5.41) is 27.6. The Balaban J connectivity index is 1.95. The van der Waals surface area contributed by atoms with Gasteiger partial charge in [0.05, 0.1) is 11.0 Å². The van der Waals surface area contributed by atoms with Crippen molar-refractivity contribution in [2.24, 2.45) is 7.05 Å². The molecule has 1 atom stereocenters. The lowest BCUT2D eigenvalue weighted by Gasteiger charge is -2.11. The molecule has 0 amide bonds. The van der Waals surface area contributed by atoms with Gasteiger partial charge in [-0.3, -0.25) is 14.8 Å². The van der Waals surface area contributed by atoms with Gasteiger partial charge in [0.1, 0.15) is 5.82 Å². The Morgan fingerprint density at radius 2 is 2.11 bits per heavy atom. The van der Waals surface area contributed by atoms with Crippen LogP contribution in [0.5, 0.6) is 0 Å². The van der Waals surface area contributed by atoms with E-state index in [-0.39, 0.29) is 12.2 Å². The summed E-state index contributed by atoms with van der Waals surface area (Å²) in [4.78, 5) is 10.0. The van der Waals surface area contributed by atoms with Gasteiger partial charge in [0.2, 0.25) is 0 Å². The summed E-state index contributed by atoms with van der Waals surface area (Å²) < 4.78 is 1.65. The number of nitrogens with one attached hydrogen (secondary N) is 1. The molecule has 0 aliphatic carbocycles. The Labute approximate surface area is 109 Å². The second kappa shape index (κ2) is 5.49. The van der Waals surface area contributed by atoms with Crippen LogP contribution in [0.2, 0.25) is 0 Å². The van der Waals surface area contributed by atoms with Gasteiger partial charge < -0.3 is 10.4 Å². The van der Waals surface area contributed by atoms with Crippen molar-refractivity contribution < 1.29 is 10.0 Å². The number of aromatic nitrogens is 2. The van der Waals surface area contributed by atoms with E-state index in [1.807, 2.05) is 0 Å². The summed E-state index contributed by atoms with van der Waals surface area (Å²) in [5.41, 5.74) is 0.627. The van der Waals surface area contributed by atoms with Crippen LogP contribution in [0.1, 0.15) is 11.7 Å². The maximum Gasteiger partial charge on any atom is 0.269 e. The minimum atomic E-state index is -0.747. The SMILES string of the molecule is Cn1ccc(NCC(O)c2ccc([N+](=O)[O-])cc2)n1. The Bertz CT molecular complexity index is 565. The van der Waals surface area contributed by atoms with E-state index in [0.29, 0.717) is 11.4 Å². The summed E-state index contributed by atoms with van der Waals surface area (Å²) in [6, 6.07) is 7.63. The van der Waals surface area contributed by atoms with Gasteiger partial charge in [-0.05, 0) is 17.7 Å². The molecule has 1 unspecified atom stereocenters. The molecule has 0 aliphatic heterocycles. The summed E-state index contributed by atoms with van der Waals surface area (Å²) in [7, 11) is 1.80. The van der Waals surface area contributed by atoms with Gasteiger partial charge in [-0.15, -0.1) is 0 Å². The molecule has 100 valence electrons. The summed E-state index contributed by atoms with van der Waals surface area (Å²) in [6.45, 7) is 0.287. The molecule has 1 heterocycles. The molecular formula is C12H14N4O3. The number of benzene rings is 1. The van der Waals surface area contributed by atoms with Crippen LogP contribution < -0.4 is 5.32 Å². The Hall–Kier alpha value is -2.41.